The van der Waals surface area contributed by atoms with Crippen LogP contribution in [0.5, 0.6) is 0 Å². The van der Waals surface area contributed by atoms with Crippen LogP contribution in [0.3, 0.4) is 0 Å². The van der Waals surface area contributed by atoms with Gasteiger partial charge in [-0.1, -0.05) is 0 Å². The lowest BCUT2D eigenvalue weighted by molar-refractivity contribution is -0.141. The molecule has 0 spiro atoms. The number of ether oxygens (including phenoxy) is 1. The van der Waals surface area contributed by atoms with Crippen LogP contribution in [0.15, 0.2) is 0 Å². The van der Waals surface area contributed by atoms with Gasteiger partial charge in [-0.25, -0.2) is 9.59 Å². The molecule has 6 nitrogen and oxygen atoms in total. The van der Waals surface area contributed by atoms with Crippen molar-refractivity contribution >= 4 is 23.8 Å². The summed E-state index contributed by atoms with van der Waals surface area (Å²) in [4.78, 5) is 24.5. The quantitative estimate of drug-likeness (QED) is 0.770. The molecular weight excluding hydrogens is 256 g/mol. The molecule has 2 aliphatic rings. The Morgan fingerprint density at radius 3 is 3.00 bits per heavy atom. The average Bonchev–Trinajstić information content (AvgIpc) is 2.89. The van der Waals surface area contributed by atoms with Gasteiger partial charge < -0.3 is 20.1 Å². The van der Waals surface area contributed by atoms with E-state index in [2.05, 4.69) is 5.32 Å². The molecule has 2 saturated heterocycles. The van der Waals surface area contributed by atoms with Crippen molar-refractivity contribution in [2.75, 3.05) is 37.8 Å². The second-order valence-electron chi connectivity index (χ2n) is 4.54. The summed E-state index contributed by atoms with van der Waals surface area (Å²) in [6.45, 7) is 2.49. The van der Waals surface area contributed by atoms with Gasteiger partial charge in [0, 0.05) is 37.1 Å². The zero-order valence-corrected chi connectivity index (χ0v) is 10.9. The van der Waals surface area contributed by atoms with Gasteiger partial charge in [-0.2, -0.15) is 11.8 Å². The first kappa shape index (κ1) is 13.5. The number of carbonyl (C=O) groups is 2. The molecule has 0 saturated carbocycles. The van der Waals surface area contributed by atoms with Crippen molar-refractivity contribution in [1.82, 2.24) is 10.2 Å². The predicted molar refractivity (Wildman–Crippen MR) is 67.8 cm³/mol. The molecule has 2 unspecified atom stereocenters. The second-order valence-corrected chi connectivity index (χ2v) is 5.69. The summed E-state index contributed by atoms with van der Waals surface area (Å²) in [5.74, 6) is 0.692. The molecule has 0 aromatic heterocycles. The Morgan fingerprint density at radius 1 is 1.50 bits per heavy atom. The van der Waals surface area contributed by atoms with Crippen molar-refractivity contribution in [3.8, 4) is 0 Å². The molecule has 7 heteroatoms. The lowest BCUT2D eigenvalue weighted by Crippen LogP contribution is -2.54. The van der Waals surface area contributed by atoms with Crippen LogP contribution in [-0.2, 0) is 9.53 Å². The maximum Gasteiger partial charge on any atom is 0.327 e. The van der Waals surface area contributed by atoms with Crippen LogP contribution in [-0.4, -0.2) is 65.9 Å². The molecule has 2 rings (SSSR count). The molecule has 0 radical (unpaired) electrons. The van der Waals surface area contributed by atoms with E-state index in [-0.39, 0.29) is 6.03 Å². The highest BCUT2D eigenvalue weighted by Crippen LogP contribution is 2.17. The largest absolute Gasteiger partial charge is 0.480 e. The van der Waals surface area contributed by atoms with E-state index in [0.29, 0.717) is 31.4 Å². The van der Waals surface area contributed by atoms with Crippen LogP contribution < -0.4 is 5.32 Å². The lowest BCUT2D eigenvalue weighted by Gasteiger charge is -2.32. The number of urea groups is 1. The molecule has 2 N–H and O–H groups in total. The smallest absolute Gasteiger partial charge is 0.327 e. The van der Waals surface area contributed by atoms with Gasteiger partial charge in [0.2, 0.25) is 0 Å². The van der Waals surface area contributed by atoms with E-state index in [1.807, 2.05) is 0 Å². The molecule has 0 bridgehead atoms. The molecule has 2 amide bonds. The summed E-state index contributed by atoms with van der Waals surface area (Å²) in [6, 6.07) is -0.974. The third-order valence-corrected chi connectivity index (χ3v) is 4.26. The van der Waals surface area contributed by atoms with Crippen LogP contribution in [0, 0.1) is 5.92 Å². The van der Waals surface area contributed by atoms with Gasteiger partial charge >= 0.3 is 12.0 Å². The van der Waals surface area contributed by atoms with Crippen LogP contribution in [0.2, 0.25) is 0 Å². The summed E-state index contributed by atoms with van der Waals surface area (Å²) in [7, 11) is 0. The van der Waals surface area contributed by atoms with Crippen molar-refractivity contribution in [2.45, 2.75) is 12.5 Å². The number of thioether (sulfide) groups is 1. The number of hydrogen-bond donors (Lipinski definition) is 2. The normalized spacial score (nSPS) is 28.1. The Morgan fingerprint density at radius 2 is 2.33 bits per heavy atom. The van der Waals surface area contributed by atoms with E-state index in [1.165, 1.54) is 4.90 Å². The summed E-state index contributed by atoms with van der Waals surface area (Å²) in [5.41, 5.74) is 0. The number of aliphatic carboxylic acids is 1. The molecule has 2 aliphatic heterocycles. The minimum Gasteiger partial charge on any atom is -0.480 e. The number of nitrogens with zero attached hydrogens (tertiary/aromatic N) is 1. The first-order valence-corrected chi connectivity index (χ1v) is 7.26. The first-order chi connectivity index (χ1) is 8.68. The highest BCUT2D eigenvalue weighted by atomic mass is 32.2. The highest BCUT2D eigenvalue weighted by molar-refractivity contribution is 7.99. The fraction of sp³-hybridized carbons (Fsp3) is 0.818. The van der Waals surface area contributed by atoms with Crippen molar-refractivity contribution in [3.63, 3.8) is 0 Å². The Kier molecular flexibility index (Phi) is 4.71. The van der Waals surface area contributed by atoms with Crippen molar-refractivity contribution < 1.29 is 19.4 Å². The maximum atomic E-state index is 12.0. The fourth-order valence-electron chi connectivity index (χ4n) is 2.13. The Hall–Kier alpha value is -0.950. The van der Waals surface area contributed by atoms with E-state index >= 15 is 0 Å². The summed E-state index contributed by atoms with van der Waals surface area (Å²) in [6.07, 6.45) is 0.957. The molecule has 0 aromatic carbocycles. The van der Waals surface area contributed by atoms with E-state index < -0.39 is 12.0 Å². The van der Waals surface area contributed by atoms with E-state index in [4.69, 9.17) is 9.84 Å². The van der Waals surface area contributed by atoms with Crippen LogP contribution >= 0.6 is 11.8 Å². The topological polar surface area (TPSA) is 78.9 Å². The van der Waals surface area contributed by atoms with Gasteiger partial charge in [-0.15, -0.1) is 0 Å². The number of carboxylic acids is 1. The first-order valence-electron chi connectivity index (χ1n) is 6.11. The predicted octanol–water partition coefficient (Wildman–Crippen LogP) is 0.234. The molecular formula is C11H18N2O4S. The lowest BCUT2D eigenvalue weighted by atomic mass is 10.1. The zero-order chi connectivity index (χ0) is 13.0. The van der Waals surface area contributed by atoms with Gasteiger partial charge in [0.15, 0.2) is 0 Å². The summed E-state index contributed by atoms with van der Waals surface area (Å²) < 4.78 is 5.23. The molecule has 2 atom stereocenters. The van der Waals surface area contributed by atoms with Crippen LogP contribution in [0.25, 0.3) is 0 Å². The summed E-state index contributed by atoms with van der Waals surface area (Å²) >= 11 is 1.57. The Labute approximate surface area is 110 Å². The van der Waals surface area contributed by atoms with Gasteiger partial charge in [0.25, 0.3) is 0 Å². The maximum absolute atomic E-state index is 12.0. The summed E-state index contributed by atoms with van der Waals surface area (Å²) in [5, 5.41) is 11.9. The molecule has 18 heavy (non-hydrogen) atoms. The van der Waals surface area contributed by atoms with Gasteiger partial charge in [0.1, 0.15) is 6.04 Å². The standard InChI is InChI=1S/C11H18N2O4S/c14-10(15)9-7-18-4-2-13(9)11(16)12-5-8-1-3-17-6-8/h8-9H,1-7H2,(H,12,16)(H,14,15). The van der Waals surface area contributed by atoms with Gasteiger partial charge in [-0.3, -0.25) is 0 Å². The van der Waals surface area contributed by atoms with E-state index in [0.717, 1.165) is 18.8 Å². The average molecular weight is 274 g/mol. The van der Waals surface area contributed by atoms with Crippen LogP contribution in [0.4, 0.5) is 4.79 Å². The number of carboxylic acid groups (broad SMARTS) is 1. The Balaban J connectivity index is 1.83. The number of amides is 2. The third kappa shape index (κ3) is 3.29. The molecule has 2 fully saturated rings. The van der Waals surface area contributed by atoms with E-state index in [9.17, 15) is 9.59 Å². The second kappa shape index (κ2) is 6.29. The molecule has 0 aromatic rings. The monoisotopic (exact) mass is 274 g/mol. The fourth-order valence-corrected chi connectivity index (χ4v) is 3.17. The number of nitrogens with one attached hydrogen (secondary N) is 1. The number of carbonyl (C=O) groups excluding carboxylic acids is 1. The molecule has 102 valence electrons. The number of rotatable bonds is 3. The Bertz CT molecular complexity index is 320. The molecule has 0 aliphatic carbocycles. The highest BCUT2D eigenvalue weighted by Gasteiger charge is 2.32. The third-order valence-electron chi connectivity index (χ3n) is 3.24. The van der Waals surface area contributed by atoms with Gasteiger partial charge in [-0.05, 0) is 6.42 Å². The van der Waals surface area contributed by atoms with Crippen molar-refractivity contribution in [2.24, 2.45) is 5.92 Å². The molecule has 2 heterocycles. The minimum atomic E-state index is -0.929. The van der Waals surface area contributed by atoms with Crippen molar-refractivity contribution in [1.29, 1.82) is 0 Å². The van der Waals surface area contributed by atoms with Crippen LogP contribution in [0.1, 0.15) is 6.42 Å². The number of hydrogen-bond acceptors (Lipinski definition) is 4. The van der Waals surface area contributed by atoms with Crippen molar-refractivity contribution in [3.05, 3.63) is 0 Å². The SMILES string of the molecule is O=C(O)C1CSCCN1C(=O)NCC1CCOC1. The zero-order valence-electron chi connectivity index (χ0n) is 10.1. The van der Waals surface area contributed by atoms with Gasteiger partial charge in [0.05, 0.1) is 6.61 Å². The minimum absolute atomic E-state index is 0.269. The van der Waals surface area contributed by atoms with E-state index in [1.54, 1.807) is 11.8 Å².